The summed E-state index contributed by atoms with van der Waals surface area (Å²) >= 11 is 0. The first-order valence-corrected chi connectivity index (χ1v) is 10.6. The molecule has 4 aromatic rings. The molecule has 0 saturated heterocycles. The summed E-state index contributed by atoms with van der Waals surface area (Å²) < 4.78 is 46.4. The zero-order valence-corrected chi connectivity index (χ0v) is 18.3. The lowest BCUT2D eigenvalue weighted by atomic mass is 9.91. The normalized spacial score (nSPS) is 15.9. The van der Waals surface area contributed by atoms with Gasteiger partial charge >= 0.3 is 12.3 Å². The zero-order valence-electron chi connectivity index (χ0n) is 18.3. The number of fused-ring (bicyclic) bond motifs is 2. The molecule has 0 saturated carbocycles. The third-order valence-corrected chi connectivity index (χ3v) is 5.61. The first kappa shape index (κ1) is 22.5. The van der Waals surface area contributed by atoms with Crippen LogP contribution in [0, 0.1) is 0 Å². The van der Waals surface area contributed by atoms with Crippen LogP contribution >= 0.6 is 0 Å². The van der Waals surface area contributed by atoms with Crippen LogP contribution in [0.1, 0.15) is 24.1 Å². The number of alkyl halides is 3. The second-order valence-corrected chi connectivity index (χ2v) is 7.79. The summed E-state index contributed by atoms with van der Waals surface area (Å²) in [6, 6.07) is 20.9. The Balaban J connectivity index is 1.65. The molecule has 2 heterocycles. The molecule has 0 amide bonds. The number of carbonyl (C=O) groups is 1. The number of ether oxygens (including phenoxy) is 1. The van der Waals surface area contributed by atoms with Crippen molar-refractivity contribution in [3.63, 3.8) is 0 Å². The van der Waals surface area contributed by atoms with E-state index in [0.29, 0.717) is 10.6 Å². The van der Waals surface area contributed by atoms with Gasteiger partial charge in [-0.1, -0.05) is 77.9 Å². The van der Waals surface area contributed by atoms with Gasteiger partial charge in [0.2, 0.25) is 0 Å². The summed E-state index contributed by atoms with van der Waals surface area (Å²) in [4.78, 5) is 17.6. The molecule has 1 aliphatic heterocycles. The lowest BCUT2D eigenvalue weighted by molar-refractivity contribution is -0.328. The SMILES string of the molecule is CC1=C(C(=O)OCc2ccccc2)C(c2cccc3ccccc23)n2nnnc2N1OC(F)(F)F. The maximum Gasteiger partial charge on any atom is 0.544 e. The Kier molecular flexibility index (Phi) is 5.69. The molecule has 0 radical (unpaired) electrons. The quantitative estimate of drug-likeness (QED) is 0.382. The average molecular weight is 481 g/mol. The number of halogens is 3. The Hall–Kier alpha value is -4.25. The number of carbonyl (C=O) groups excluding carboxylic acids is 1. The summed E-state index contributed by atoms with van der Waals surface area (Å²) in [6.45, 7) is 1.27. The Morgan fingerprint density at radius 3 is 2.49 bits per heavy atom. The molecule has 0 fully saturated rings. The predicted octanol–water partition coefficient (Wildman–Crippen LogP) is 4.70. The van der Waals surface area contributed by atoms with E-state index in [-0.39, 0.29) is 23.8 Å². The third kappa shape index (κ3) is 4.33. The molecule has 8 nitrogen and oxygen atoms in total. The van der Waals surface area contributed by atoms with E-state index < -0.39 is 18.4 Å². The molecule has 1 aromatic heterocycles. The number of anilines is 1. The first-order chi connectivity index (χ1) is 16.8. The van der Waals surface area contributed by atoms with Crippen LogP contribution in [-0.2, 0) is 21.0 Å². The molecule has 0 spiro atoms. The molecule has 1 atom stereocenters. The molecule has 178 valence electrons. The van der Waals surface area contributed by atoms with Crippen LogP contribution in [0.2, 0.25) is 0 Å². The van der Waals surface area contributed by atoms with Gasteiger partial charge in [0, 0.05) is 0 Å². The number of tetrazole rings is 1. The highest BCUT2D eigenvalue weighted by molar-refractivity contribution is 5.95. The van der Waals surface area contributed by atoms with E-state index in [0.717, 1.165) is 21.0 Å². The van der Waals surface area contributed by atoms with Crippen molar-refractivity contribution < 1.29 is 27.5 Å². The van der Waals surface area contributed by atoms with Crippen molar-refractivity contribution in [1.82, 2.24) is 20.2 Å². The monoisotopic (exact) mass is 481 g/mol. The van der Waals surface area contributed by atoms with Gasteiger partial charge in [0.05, 0.1) is 11.3 Å². The Morgan fingerprint density at radius 1 is 1.00 bits per heavy atom. The second kappa shape index (κ2) is 8.84. The minimum atomic E-state index is -5.05. The molecular weight excluding hydrogens is 463 g/mol. The highest BCUT2D eigenvalue weighted by Crippen LogP contribution is 2.41. The van der Waals surface area contributed by atoms with Crippen LogP contribution in [0.4, 0.5) is 19.1 Å². The van der Waals surface area contributed by atoms with Crippen molar-refractivity contribution in [2.75, 3.05) is 5.06 Å². The number of aromatic nitrogens is 4. The average Bonchev–Trinajstić information content (AvgIpc) is 3.33. The largest absolute Gasteiger partial charge is 0.544 e. The molecule has 35 heavy (non-hydrogen) atoms. The number of allylic oxidation sites excluding steroid dienone is 1. The fourth-order valence-electron chi connectivity index (χ4n) is 4.12. The number of nitrogens with zero attached hydrogens (tertiary/aromatic N) is 5. The lowest BCUT2D eigenvalue weighted by Gasteiger charge is -2.34. The maximum atomic E-state index is 13.4. The number of hydroxylamine groups is 1. The van der Waals surface area contributed by atoms with E-state index in [1.54, 1.807) is 36.4 Å². The molecule has 0 aliphatic carbocycles. The van der Waals surface area contributed by atoms with E-state index in [2.05, 4.69) is 20.4 Å². The smallest absolute Gasteiger partial charge is 0.457 e. The lowest BCUT2D eigenvalue weighted by Crippen LogP contribution is -2.40. The Morgan fingerprint density at radius 2 is 1.71 bits per heavy atom. The highest BCUT2D eigenvalue weighted by Gasteiger charge is 2.44. The van der Waals surface area contributed by atoms with Crippen LogP contribution in [0.25, 0.3) is 10.8 Å². The van der Waals surface area contributed by atoms with Gasteiger partial charge in [-0.15, -0.1) is 13.2 Å². The molecule has 1 unspecified atom stereocenters. The van der Waals surface area contributed by atoms with Crippen LogP contribution in [0.5, 0.6) is 0 Å². The fourth-order valence-corrected chi connectivity index (χ4v) is 4.12. The predicted molar refractivity (Wildman–Crippen MR) is 118 cm³/mol. The van der Waals surface area contributed by atoms with Gasteiger partial charge in [-0.3, -0.25) is 0 Å². The number of hydrogen-bond acceptors (Lipinski definition) is 7. The van der Waals surface area contributed by atoms with Gasteiger partial charge < -0.3 is 4.74 Å². The van der Waals surface area contributed by atoms with E-state index >= 15 is 0 Å². The number of esters is 1. The van der Waals surface area contributed by atoms with Crippen molar-refractivity contribution in [3.05, 3.63) is 95.2 Å². The fraction of sp³-hybridized carbons (Fsp3) is 0.167. The van der Waals surface area contributed by atoms with Crippen LogP contribution < -0.4 is 5.06 Å². The van der Waals surface area contributed by atoms with Gasteiger partial charge in [0.25, 0.3) is 5.95 Å². The van der Waals surface area contributed by atoms with Crippen molar-refractivity contribution in [3.8, 4) is 0 Å². The number of benzene rings is 3. The van der Waals surface area contributed by atoms with Crippen LogP contribution in [0.3, 0.4) is 0 Å². The van der Waals surface area contributed by atoms with Crippen LogP contribution in [-0.4, -0.2) is 32.5 Å². The maximum absolute atomic E-state index is 13.4. The minimum absolute atomic E-state index is 0.0682. The van der Waals surface area contributed by atoms with E-state index in [4.69, 9.17) is 4.74 Å². The van der Waals surface area contributed by atoms with Gasteiger partial charge in [-0.25, -0.2) is 4.79 Å². The second-order valence-electron chi connectivity index (χ2n) is 7.79. The van der Waals surface area contributed by atoms with Crippen molar-refractivity contribution >= 4 is 22.7 Å². The molecule has 5 rings (SSSR count). The summed E-state index contributed by atoms with van der Waals surface area (Å²) in [5.74, 6) is -1.14. The summed E-state index contributed by atoms with van der Waals surface area (Å²) in [7, 11) is 0. The molecule has 3 aromatic carbocycles. The molecule has 0 N–H and O–H groups in total. The molecule has 0 bridgehead atoms. The minimum Gasteiger partial charge on any atom is -0.457 e. The Labute approximate surface area is 197 Å². The van der Waals surface area contributed by atoms with Gasteiger partial charge in [0.1, 0.15) is 12.6 Å². The standard InChI is InChI=1S/C24H18F3N5O3/c1-15-20(22(33)34-14-16-8-3-2-4-9-16)21(19-13-7-11-17-10-5-6-12-18(17)19)31-23(28-29-30-31)32(15)35-24(25,26)27/h2-13,21H,14H2,1H3. The van der Waals surface area contributed by atoms with Gasteiger partial charge in [-0.2, -0.15) is 14.6 Å². The first-order valence-electron chi connectivity index (χ1n) is 10.6. The topological polar surface area (TPSA) is 82.4 Å². The van der Waals surface area contributed by atoms with E-state index in [1.807, 2.05) is 36.4 Å². The highest BCUT2D eigenvalue weighted by atomic mass is 19.4. The van der Waals surface area contributed by atoms with E-state index in [9.17, 15) is 18.0 Å². The van der Waals surface area contributed by atoms with Gasteiger partial charge in [-0.05, 0) is 39.2 Å². The van der Waals surface area contributed by atoms with Crippen molar-refractivity contribution in [1.29, 1.82) is 0 Å². The molecule has 11 heteroatoms. The zero-order chi connectivity index (χ0) is 24.6. The number of rotatable bonds is 5. The third-order valence-electron chi connectivity index (χ3n) is 5.61. The van der Waals surface area contributed by atoms with E-state index in [1.165, 1.54) is 6.92 Å². The summed E-state index contributed by atoms with van der Waals surface area (Å²) in [5, 5.41) is 13.3. The molecular formula is C24H18F3N5O3. The van der Waals surface area contributed by atoms with Gasteiger partial charge in [0.15, 0.2) is 0 Å². The van der Waals surface area contributed by atoms with Crippen molar-refractivity contribution in [2.24, 2.45) is 0 Å². The molecule has 1 aliphatic rings. The summed E-state index contributed by atoms with van der Waals surface area (Å²) in [5.41, 5.74) is 1.12. The summed E-state index contributed by atoms with van der Waals surface area (Å²) in [6.07, 6.45) is -5.05. The number of hydrogen-bond donors (Lipinski definition) is 0. The van der Waals surface area contributed by atoms with Crippen LogP contribution in [0.15, 0.2) is 84.1 Å². The Bertz CT molecular complexity index is 1410. The van der Waals surface area contributed by atoms with Crippen molar-refractivity contribution in [2.45, 2.75) is 25.9 Å².